The van der Waals surface area contributed by atoms with Gasteiger partial charge in [0.25, 0.3) is 0 Å². The molecule has 0 nitrogen and oxygen atoms in total. The molecule has 0 heterocycles. The van der Waals surface area contributed by atoms with E-state index in [1.807, 2.05) is 0 Å². The van der Waals surface area contributed by atoms with Crippen LogP contribution in [0.1, 0.15) is 39.0 Å². The predicted octanol–water partition coefficient (Wildman–Crippen LogP) is 3.45. The average molecular weight is 148 g/mol. The zero-order chi connectivity index (χ0) is 7.68. The summed E-state index contributed by atoms with van der Waals surface area (Å²) in [5.41, 5.74) is 3.43. The molecule has 0 aromatic heterocycles. The van der Waals surface area contributed by atoms with Gasteiger partial charge in [0.15, 0.2) is 0 Å². The normalized spacial score (nSPS) is 29.4. The summed E-state index contributed by atoms with van der Waals surface area (Å²) in [4.78, 5) is 0. The predicted molar refractivity (Wildman–Crippen MR) is 48.4 cm³/mol. The van der Waals surface area contributed by atoms with Gasteiger partial charge in [-0.05, 0) is 43.6 Å². The largest absolute Gasteiger partial charge is 0.0808 e. The third kappa shape index (κ3) is 1.26. The van der Waals surface area contributed by atoms with Gasteiger partial charge in [0.1, 0.15) is 0 Å². The first-order valence-corrected chi connectivity index (χ1v) is 4.79. The molecule has 0 aromatic carbocycles. The molecule has 1 atom stereocenters. The minimum absolute atomic E-state index is 0.854. The van der Waals surface area contributed by atoms with Gasteiger partial charge < -0.3 is 0 Å². The van der Waals surface area contributed by atoms with Crippen LogP contribution in [-0.4, -0.2) is 0 Å². The molecule has 0 spiro atoms. The first-order valence-electron chi connectivity index (χ1n) is 4.79. The topological polar surface area (TPSA) is 0 Å². The molecule has 0 radical (unpaired) electrons. The number of hydrogen-bond acceptors (Lipinski definition) is 0. The summed E-state index contributed by atoms with van der Waals surface area (Å²) >= 11 is 0. The summed E-state index contributed by atoms with van der Waals surface area (Å²) in [7, 11) is 0. The average Bonchev–Trinajstić information content (AvgIpc) is 2.50. The van der Waals surface area contributed by atoms with Crippen LogP contribution in [0, 0.1) is 5.92 Å². The SMILES string of the molecule is CCC1C=CC2=C(CCC2)C1. The molecule has 0 fully saturated rings. The molecule has 2 rings (SSSR count). The number of allylic oxidation sites excluding steroid dienone is 4. The summed E-state index contributed by atoms with van der Waals surface area (Å²) in [5, 5.41) is 0. The van der Waals surface area contributed by atoms with E-state index in [0.29, 0.717) is 0 Å². The molecular weight excluding hydrogens is 132 g/mol. The van der Waals surface area contributed by atoms with Crippen LogP contribution in [0.5, 0.6) is 0 Å². The Morgan fingerprint density at radius 1 is 1.45 bits per heavy atom. The van der Waals surface area contributed by atoms with Crippen molar-refractivity contribution < 1.29 is 0 Å². The van der Waals surface area contributed by atoms with Gasteiger partial charge in [-0.15, -0.1) is 0 Å². The van der Waals surface area contributed by atoms with E-state index in [4.69, 9.17) is 0 Å². The van der Waals surface area contributed by atoms with Gasteiger partial charge in [-0.1, -0.05) is 24.6 Å². The number of hydrogen-bond donors (Lipinski definition) is 0. The van der Waals surface area contributed by atoms with Gasteiger partial charge in [0.2, 0.25) is 0 Å². The van der Waals surface area contributed by atoms with E-state index >= 15 is 0 Å². The Hall–Kier alpha value is -0.520. The maximum absolute atomic E-state index is 2.41. The lowest BCUT2D eigenvalue weighted by Gasteiger charge is -2.16. The van der Waals surface area contributed by atoms with Crippen molar-refractivity contribution in [3.05, 3.63) is 23.3 Å². The summed E-state index contributed by atoms with van der Waals surface area (Å²) in [5.74, 6) is 0.854. The lowest BCUT2D eigenvalue weighted by Crippen LogP contribution is -2.00. The Labute approximate surface area is 69.0 Å². The van der Waals surface area contributed by atoms with Crippen LogP contribution in [0.3, 0.4) is 0 Å². The van der Waals surface area contributed by atoms with Crippen LogP contribution < -0.4 is 0 Å². The lowest BCUT2D eigenvalue weighted by atomic mass is 9.89. The number of rotatable bonds is 1. The van der Waals surface area contributed by atoms with E-state index in [1.54, 1.807) is 11.1 Å². The van der Waals surface area contributed by atoms with Gasteiger partial charge in [0.05, 0.1) is 0 Å². The Morgan fingerprint density at radius 3 is 3.18 bits per heavy atom. The van der Waals surface area contributed by atoms with E-state index in [0.717, 1.165) is 5.92 Å². The van der Waals surface area contributed by atoms with Gasteiger partial charge in [-0.2, -0.15) is 0 Å². The van der Waals surface area contributed by atoms with Crippen LogP contribution in [0.2, 0.25) is 0 Å². The molecule has 0 aromatic rings. The fourth-order valence-corrected chi connectivity index (χ4v) is 2.18. The highest BCUT2D eigenvalue weighted by Crippen LogP contribution is 2.36. The van der Waals surface area contributed by atoms with E-state index in [9.17, 15) is 0 Å². The molecule has 0 saturated carbocycles. The molecule has 0 bridgehead atoms. The summed E-state index contributed by atoms with van der Waals surface area (Å²) in [6.45, 7) is 2.29. The maximum atomic E-state index is 2.41. The molecule has 0 heteroatoms. The quantitative estimate of drug-likeness (QED) is 0.534. The fraction of sp³-hybridized carbons (Fsp3) is 0.636. The summed E-state index contributed by atoms with van der Waals surface area (Å²) < 4.78 is 0. The van der Waals surface area contributed by atoms with Crippen LogP contribution in [0.25, 0.3) is 0 Å². The highest BCUT2D eigenvalue weighted by molar-refractivity contribution is 5.33. The molecular formula is C11H16. The van der Waals surface area contributed by atoms with Gasteiger partial charge in [-0.3, -0.25) is 0 Å². The standard InChI is InChI=1S/C11H16/c1-2-9-6-7-10-4-3-5-11(10)8-9/h6-7,9H,2-5,8H2,1H3. The van der Waals surface area contributed by atoms with Crippen molar-refractivity contribution >= 4 is 0 Å². The van der Waals surface area contributed by atoms with E-state index in [1.165, 1.54) is 32.1 Å². The Bertz CT molecular complexity index is 208. The second kappa shape index (κ2) is 2.84. The Kier molecular flexibility index (Phi) is 1.85. The van der Waals surface area contributed by atoms with E-state index in [-0.39, 0.29) is 0 Å². The van der Waals surface area contributed by atoms with Crippen LogP contribution >= 0.6 is 0 Å². The second-order valence-corrected chi connectivity index (χ2v) is 3.71. The lowest BCUT2D eigenvalue weighted by molar-refractivity contribution is 0.604. The van der Waals surface area contributed by atoms with Crippen molar-refractivity contribution in [3.8, 4) is 0 Å². The van der Waals surface area contributed by atoms with Crippen molar-refractivity contribution in [2.45, 2.75) is 39.0 Å². The zero-order valence-electron chi connectivity index (χ0n) is 7.27. The molecule has 11 heavy (non-hydrogen) atoms. The molecule has 60 valence electrons. The Morgan fingerprint density at radius 2 is 2.36 bits per heavy atom. The molecule has 0 aliphatic heterocycles. The fourth-order valence-electron chi connectivity index (χ4n) is 2.18. The van der Waals surface area contributed by atoms with Crippen molar-refractivity contribution in [2.24, 2.45) is 5.92 Å². The minimum atomic E-state index is 0.854. The molecule has 2 aliphatic rings. The van der Waals surface area contributed by atoms with Crippen molar-refractivity contribution in [2.75, 3.05) is 0 Å². The minimum Gasteiger partial charge on any atom is -0.0808 e. The van der Waals surface area contributed by atoms with Gasteiger partial charge >= 0.3 is 0 Å². The Balaban J connectivity index is 2.12. The smallest absolute Gasteiger partial charge is 0.0195 e. The first kappa shape index (κ1) is 7.15. The second-order valence-electron chi connectivity index (χ2n) is 3.71. The molecule has 0 amide bonds. The van der Waals surface area contributed by atoms with Crippen molar-refractivity contribution in [1.29, 1.82) is 0 Å². The van der Waals surface area contributed by atoms with Crippen molar-refractivity contribution in [3.63, 3.8) is 0 Å². The van der Waals surface area contributed by atoms with Gasteiger partial charge in [-0.25, -0.2) is 0 Å². The maximum Gasteiger partial charge on any atom is -0.0195 e. The van der Waals surface area contributed by atoms with E-state index in [2.05, 4.69) is 19.1 Å². The molecule has 0 N–H and O–H groups in total. The molecule has 0 saturated heterocycles. The first-order chi connectivity index (χ1) is 5.40. The molecule has 1 unspecified atom stereocenters. The third-order valence-corrected chi connectivity index (χ3v) is 2.98. The highest BCUT2D eigenvalue weighted by atomic mass is 14.2. The van der Waals surface area contributed by atoms with Crippen LogP contribution in [0.15, 0.2) is 23.3 Å². The highest BCUT2D eigenvalue weighted by Gasteiger charge is 2.18. The van der Waals surface area contributed by atoms with Crippen molar-refractivity contribution in [1.82, 2.24) is 0 Å². The molecule has 2 aliphatic carbocycles. The summed E-state index contributed by atoms with van der Waals surface area (Å²) in [6.07, 6.45) is 11.6. The summed E-state index contributed by atoms with van der Waals surface area (Å²) in [6, 6.07) is 0. The monoisotopic (exact) mass is 148 g/mol. The van der Waals surface area contributed by atoms with E-state index < -0.39 is 0 Å². The van der Waals surface area contributed by atoms with Crippen LogP contribution in [-0.2, 0) is 0 Å². The zero-order valence-corrected chi connectivity index (χ0v) is 7.27. The van der Waals surface area contributed by atoms with Crippen LogP contribution in [0.4, 0.5) is 0 Å². The third-order valence-electron chi connectivity index (χ3n) is 2.98. The van der Waals surface area contributed by atoms with Gasteiger partial charge in [0, 0.05) is 0 Å².